The molecule has 0 bridgehead atoms. The number of fused-ring (bicyclic) bond motifs is 1. The van der Waals surface area contributed by atoms with Gasteiger partial charge in [-0.1, -0.05) is 11.6 Å². The third-order valence-electron chi connectivity index (χ3n) is 5.51. The lowest BCUT2D eigenvalue weighted by molar-refractivity contribution is 0.0601. The second kappa shape index (κ2) is 9.03. The Morgan fingerprint density at radius 2 is 1.84 bits per heavy atom. The topological polar surface area (TPSA) is 79.0 Å². The first-order valence-corrected chi connectivity index (χ1v) is 12.9. The first kappa shape index (κ1) is 22.5. The van der Waals surface area contributed by atoms with E-state index in [1.54, 1.807) is 23.5 Å². The molecule has 0 unspecified atom stereocenters. The molecule has 1 aliphatic carbocycles. The Morgan fingerprint density at radius 3 is 2.48 bits per heavy atom. The number of nitrogens with one attached hydrogen (secondary N) is 1. The molecule has 11 heteroatoms. The van der Waals surface area contributed by atoms with E-state index in [0.29, 0.717) is 46.9 Å². The minimum atomic E-state index is -3.58. The number of carbonyl (C=O) groups is 1. The van der Waals surface area contributed by atoms with Gasteiger partial charge in [-0.2, -0.15) is 4.31 Å². The van der Waals surface area contributed by atoms with Crippen molar-refractivity contribution in [1.29, 1.82) is 0 Å². The van der Waals surface area contributed by atoms with Gasteiger partial charge in [0.1, 0.15) is 5.00 Å². The highest BCUT2D eigenvalue weighted by atomic mass is 35.5. The smallest absolute Gasteiger partial charge is 0.341 e. The maximum Gasteiger partial charge on any atom is 0.341 e. The fourth-order valence-corrected chi connectivity index (χ4v) is 7.05. The van der Waals surface area contributed by atoms with E-state index in [4.69, 9.17) is 28.6 Å². The molecule has 1 aromatic carbocycles. The van der Waals surface area contributed by atoms with Crippen LogP contribution in [0.4, 0.5) is 5.00 Å². The van der Waals surface area contributed by atoms with Crippen molar-refractivity contribution in [3.63, 3.8) is 0 Å². The number of thiophene rings is 1. The average Bonchev–Trinajstić information content (AvgIpc) is 3.34. The lowest BCUT2D eigenvalue weighted by atomic mass is 10.1. The fraction of sp³-hybridized carbons (Fsp3) is 0.400. The van der Waals surface area contributed by atoms with E-state index < -0.39 is 10.0 Å². The number of ether oxygens (including phenoxy) is 1. The van der Waals surface area contributed by atoms with Gasteiger partial charge < -0.3 is 15.0 Å². The van der Waals surface area contributed by atoms with Crippen LogP contribution in [0.3, 0.4) is 0 Å². The van der Waals surface area contributed by atoms with E-state index in [9.17, 15) is 13.2 Å². The number of esters is 1. The molecular weight excluding hydrogens is 478 g/mol. The van der Waals surface area contributed by atoms with Crippen molar-refractivity contribution in [2.45, 2.75) is 24.2 Å². The molecule has 0 saturated carbocycles. The van der Waals surface area contributed by atoms with Crippen LogP contribution in [0, 0.1) is 0 Å². The van der Waals surface area contributed by atoms with Gasteiger partial charge in [0.05, 0.1) is 17.6 Å². The number of sulfonamides is 1. The summed E-state index contributed by atoms with van der Waals surface area (Å²) in [7, 11) is -2.20. The van der Waals surface area contributed by atoms with Gasteiger partial charge in [0.15, 0.2) is 5.11 Å². The van der Waals surface area contributed by atoms with Gasteiger partial charge in [-0.05, 0) is 61.3 Å². The molecule has 0 spiro atoms. The van der Waals surface area contributed by atoms with Gasteiger partial charge in [-0.3, -0.25) is 0 Å². The number of methoxy groups -OCH3 is 1. The molecule has 1 aliphatic heterocycles. The van der Waals surface area contributed by atoms with E-state index >= 15 is 0 Å². The van der Waals surface area contributed by atoms with E-state index in [-0.39, 0.29) is 10.9 Å². The van der Waals surface area contributed by atoms with Gasteiger partial charge in [0.25, 0.3) is 0 Å². The van der Waals surface area contributed by atoms with Crippen LogP contribution < -0.4 is 5.32 Å². The van der Waals surface area contributed by atoms with Crippen LogP contribution >= 0.6 is 35.2 Å². The molecule has 4 rings (SSSR count). The molecule has 0 atom stereocenters. The molecule has 1 saturated heterocycles. The summed E-state index contributed by atoms with van der Waals surface area (Å²) < 4.78 is 32.2. The molecule has 7 nitrogen and oxygen atoms in total. The highest BCUT2D eigenvalue weighted by molar-refractivity contribution is 7.89. The summed E-state index contributed by atoms with van der Waals surface area (Å²) in [5, 5.41) is 4.89. The minimum Gasteiger partial charge on any atom is -0.465 e. The van der Waals surface area contributed by atoms with Gasteiger partial charge in [-0.15, -0.1) is 11.3 Å². The van der Waals surface area contributed by atoms with Crippen LogP contribution in [-0.4, -0.2) is 62.0 Å². The molecule has 0 amide bonds. The van der Waals surface area contributed by atoms with Crippen molar-refractivity contribution in [2.24, 2.45) is 0 Å². The summed E-state index contributed by atoms with van der Waals surface area (Å²) in [6, 6.07) is 6.17. The predicted molar refractivity (Wildman–Crippen MR) is 126 cm³/mol. The summed E-state index contributed by atoms with van der Waals surface area (Å²) in [6.07, 6.45) is 2.87. The minimum absolute atomic E-state index is 0.224. The number of aryl methyl sites for hydroxylation is 1. The van der Waals surface area contributed by atoms with Gasteiger partial charge >= 0.3 is 5.97 Å². The number of halogens is 1. The van der Waals surface area contributed by atoms with E-state index in [1.165, 1.54) is 28.4 Å². The maximum absolute atomic E-state index is 12.9. The lowest BCUT2D eigenvalue weighted by Gasteiger charge is -2.35. The number of nitrogens with zero attached hydrogens (tertiary/aromatic N) is 2. The molecule has 1 N–H and O–H groups in total. The molecule has 166 valence electrons. The largest absolute Gasteiger partial charge is 0.465 e. The van der Waals surface area contributed by atoms with Crippen molar-refractivity contribution in [3.8, 4) is 0 Å². The Morgan fingerprint density at radius 1 is 1.16 bits per heavy atom. The van der Waals surface area contributed by atoms with E-state index in [0.717, 1.165) is 24.8 Å². The molecule has 2 heterocycles. The Labute approximate surface area is 196 Å². The number of hydrogen-bond acceptors (Lipinski definition) is 6. The zero-order valence-corrected chi connectivity index (χ0v) is 20.1. The van der Waals surface area contributed by atoms with Gasteiger partial charge in [-0.25, -0.2) is 13.2 Å². The summed E-state index contributed by atoms with van der Waals surface area (Å²) >= 11 is 13.0. The third-order valence-corrected chi connectivity index (χ3v) is 9.24. The SMILES string of the molecule is COC(=O)c1c(NC(=S)N2CCN(S(=O)(=O)c3ccc(Cl)cc3)CC2)sc2c1CCC2. The van der Waals surface area contributed by atoms with Crippen LogP contribution in [0.15, 0.2) is 29.2 Å². The number of benzene rings is 1. The van der Waals surface area contributed by atoms with Crippen molar-refractivity contribution < 1.29 is 17.9 Å². The highest BCUT2D eigenvalue weighted by Gasteiger charge is 2.31. The van der Waals surface area contributed by atoms with Gasteiger partial charge in [0.2, 0.25) is 10.0 Å². The first-order chi connectivity index (χ1) is 14.8. The predicted octanol–water partition coefficient (Wildman–Crippen LogP) is 3.38. The maximum atomic E-state index is 12.9. The monoisotopic (exact) mass is 499 g/mol. The Hall–Kier alpha value is -1.72. The molecule has 31 heavy (non-hydrogen) atoms. The Bertz CT molecular complexity index is 1110. The van der Waals surface area contributed by atoms with Crippen molar-refractivity contribution >= 4 is 61.3 Å². The average molecular weight is 500 g/mol. The molecule has 1 fully saturated rings. The number of thiocarbonyl (C=S) groups is 1. The number of hydrogen-bond donors (Lipinski definition) is 1. The summed E-state index contributed by atoms with van der Waals surface area (Å²) in [5.74, 6) is -0.358. The number of anilines is 1. The second-order valence-corrected chi connectivity index (χ2v) is 11.2. The van der Waals surface area contributed by atoms with Crippen molar-refractivity contribution in [3.05, 3.63) is 45.3 Å². The normalized spacial score (nSPS) is 16.8. The van der Waals surface area contributed by atoms with Gasteiger partial charge in [0, 0.05) is 36.1 Å². The quantitative estimate of drug-likeness (QED) is 0.510. The highest BCUT2D eigenvalue weighted by Crippen LogP contribution is 2.39. The van der Waals surface area contributed by atoms with Crippen LogP contribution in [0.1, 0.15) is 27.2 Å². The molecule has 1 aromatic heterocycles. The first-order valence-electron chi connectivity index (χ1n) is 9.85. The summed E-state index contributed by atoms with van der Waals surface area (Å²) in [5.41, 5.74) is 1.63. The van der Waals surface area contributed by atoms with Crippen LogP contribution in [0.2, 0.25) is 5.02 Å². The van der Waals surface area contributed by atoms with Crippen molar-refractivity contribution in [1.82, 2.24) is 9.21 Å². The third kappa shape index (κ3) is 4.45. The van der Waals surface area contributed by atoms with E-state index in [1.807, 2.05) is 4.90 Å². The summed E-state index contributed by atoms with van der Waals surface area (Å²) in [6.45, 7) is 1.55. The Balaban J connectivity index is 1.43. The standard InChI is InChI=1S/C20H22ClN3O4S3/c1-28-19(25)17-15-3-2-4-16(15)30-18(17)22-20(29)23-9-11-24(12-10-23)31(26,27)14-7-5-13(21)6-8-14/h5-8H,2-4,9-12H2,1H3,(H,22,29). The lowest BCUT2D eigenvalue weighted by Crippen LogP contribution is -2.51. The molecule has 0 radical (unpaired) electrons. The molecule has 2 aliphatic rings. The number of rotatable bonds is 4. The summed E-state index contributed by atoms with van der Waals surface area (Å²) in [4.78, 5) is 15.7. The van der Waals surface area contributed by atoms with Crippen LogP contribution in [-0.2, 0) is 27.6 Å². The molecule has 2 aromatic rings. The number of piperazine rings is 1. The van der Waals surface area contributed by atoms with E-state index in [2.05, 4.69) is 5.32 Å². The van der Waals surface area contributed by atoms with Crippen LogP contribution in [0.25, 0.3) is 0 Å². The molecular formula is C20H22ClN3O4S3. The Kier molecular flexibility index (Phi) is 6.55. The van der Waals surface area contributed by atoms with Crippen LogP contribution in [0.5, 0.6) is 0 Å². The second-order valence-electron chi connectivity index (χ2n) is 7.33. The fourth-order valence-electron chi connectivity index (χ4n) is 3.87. The van der Waals surface area contributed by atoms with Crippen molar-refractivity contribution in [2.75, 3.05) is 38.6 Å². The number of carbonyl (C=O) groups excluding carboxylic acids is 1. The zero-order chi connectivity index (χ0) is 22.2. The zero-order valence-electron chi connectivity index (χ0n) is 16.9.